The van der Waals surface area contributed by atoms with E-state index in [4.69, 9.17) is 5.26 Å². The Hall–Kier alpha value is -0.590. The Morgan fingerprint density at radius 3 is 2.75 bits per heavy atom. The van der Waals surface area contributed by atoms with E-state index in [2.05, 4.69) is 11.0 Å². The number of hydrogen-bond donors (Lipinski definition) is 1. The Labute approximate surface area is 99.1 Å². The van der Waals surface area contributed by atoms with Gasteiger partial charge < -0.3 is 10.0 Å². The van der Waals surface area contributed by atoms with Crippen LogP contribution in [0.3, 0.4) is 0 Å². The first-order valence-corrected chi connectivity index (χ1v) is 6.21. The minimum absolute atomic E-state index is 0.210. The molecule has 1 N–H and O–H groups in total. The second kappa shape index (κ2) is 5.16. The first kappa shape index (κ1) is 13.5. The van der Waals surface area contributed by atoms with Crippen molar-refractivity contribution in [2.24, 2.45) is 5.41 Å². The largest absolute Gasteiger partial charge is 0.389 e. The minimum atomic E-state index is -0.511. The molecule has 0 aromatic rings. The molecule has 0 saturated carbocycles. The number of aliphatic hydroxyl groups is 1. The van der Waals surface area contributed by atoms with Crippen molar-refractivity contribution in [2.45, 2.75) is 52.1 Å². The summed E-state index contributed by atoms with van der Waals surface area (Å²) in [7, 11) is 0. The average molecular weight is 224 g/mol. The highest BCUT2D eigenvalue weighted by molar-refractivity contribution is 4.91. The number of nitrogens with zero attached hydrogens (tertiary/aromatic N) is 2. The normalized spacial score (nSPS) is 27.7. The summed E-state index contributed by atoms with van der Waals surface area (Å²) in [4.78, 5) is 2.32. The van der Waals surface area contributed by atoms with Crippen molar-refractivity contribution >= 4 is 0 Å². The second-order valence-corrected chi connectivity index (χ2v) is 5.98. The van der Waals surface area contributed by atoms with E-state index in [-0.39, 0.29) is 5.41 Å². The molecule has 0 aliphatic carbocycles. The molecular formula is C13H24N2O. The fraction of sp³-hybridized carbons (Fsp3) is 0.923. The Bertz CT molecular complexity index is 266. The lowest BCUT2D eigenvalue weighted by Crippen LogP contribution is -2.46. The zero-order chi connectivity index (χ0) is 12.2. The molecule has 0 amide bonds. The SMILES string of the molecule is CC(C)(C#N)CCCN1CCCC(C)(O)C1. The van der Waals surface area contributed by atoms with E-state index in [1.165, 1.54) is 0 Å². The molecule has 92 valence electrons. The molecular weight excluding hydrogens is 200 g/mol. The third-order valence-electron chi connectivity index (χ3n) is 3.33. The highest BCUT2D eigenvalue weighted by atomic mass is 16.3. The van der Waals surface area contributed by atoms with Gasteiger partial charge in [0, 0.05) is 6.54 Å². The van der Waals surface area contributed by atoms with Gasteiger partial charge in [0.25, 0.3) is 0 Å². The van der Waals surface area contributed by atoms with Gasteiger partial charge in [-0.25, -0.2) is 0 Å². The van der Waals surface area contributed by atoms with Crippen LogP contribution in [0.4, 0.5) is 0 Å². The van der Waals surface area contributed by atoms with Crippen molar-refractivity contribution in [3.05, 3.63) is 0 Å². The monoisotopic (exact) mass is 224 g/mol. The first-order chi connectivity index (χ1) is 7.35. The van der Waals surface area contributed by atoms with Crippen molar-refractivity contribution in [3.63, 3.8) is 0 Å². The second-order valence-electron chi connectivity index (χ2n) is 5.98. The van der Waals surface area contributed by atoms with Gasteiger partial charge in [-0.2, -0.15) is 5.26 Å². The molecule has 3 nitrogen and oxygen atoms in total. The number of piperidine rings is 1. The molecule has 1 saturated heterocycles. The van der Waals surface area contributed by atoms with E-state index in [0.29, 0.717) is 0 Å². The molecule has 1 rings (SSSR count). The molecule has 0 aromatic heterocycles. The highest BCUT2D eigenvalue weighted by Crippen LogP contribution is 2.23. The third kappa shape index (κ3) is 4.51. The molecule has 3 heteroatoms. The quantitative estimate of drug-likeness (QED) is 0.796. The topological polar surface area (TPSA) is 47.3 Å². The summed E-state index contributed by atoms with van der Waals surface area (Å²) < 4.78 is 0. The predicted octanol–water partition coefficient (Wildman–Crippen LogP) is 2.16. The lowest BCUT2D eigenvalue weighted by molar-refractivity contribution is -0.0161. The van der Waals surface area contributed by atoms with Crippen molar-refractivity contribution in [1.82, 2.24) is 4.90 Å². The molecule has 0 aromatic carbocycles. The summed E-state index contributed by atoms with van der Waals surface area (Å²) in [6, 6.07) is 2.33. The summed E-state index contributed by atoms with van der Waals surface area (Å²) in [6.45, 7) is 8.75. The maximum atomic E-state index is 9.96. The minimum Gasteiger partial charge on any atom is -0.389 e. The summed E-state index contributed by atoms with van der Waals surface area (Å²) in [5.41, 5.74) is -0.721. The number of nitriles is 1. The van der Waals surface area contributed by atoms with Crippen LogP contribution in [-0.2, 0) is 0 Å². The van der Waals surface area contributed by atoms with Crippen molar-refractivity contribution in [2.75, 3.05) is 19.6 Å². The molecule has 16 heavy (non-hydrogen) atoms. The van der Waals surface area contributed by atoms with E-state index >= 15 is 0 Å². The van der Waals surface area contributed by atoms with E-state index in [1.54, 1.807) is 0 Å². The van der Waals surface area contributed by atoms with Crippen molar-refractivity contribution in [1.29, 1.82) is 5.26 Å². The summed E-state index contributed by atoms with van der Waals surface area (Å²) in [6.07, 6.45) is 3.96. The van der Waals surface area contributed by atoms with Gasteiger partial charge in [-0.3, -0.25) is 0 Å². The highest BCUT2D eigenvalue weighted by Gasteiger charge is 2.28. The number of likely N-dealkylation sites (tertiary alicyclic amines) is 1. The molecule has 0 bridgehead atoms. The lowest BCUT2D eigenvalue weighted by atomic mass is 9.89. The van der Waals surface area contributed by atoms with Gasteiger partial charge in [-0.05, 0) is 59.5 Å². The Morgan fingerprint density at radius 1 is 1.50 bits per heavy atom. The predicted molar refractivity (Wildman–Crippen MR) is 64.9 cm³/mol. The number of rotatable bonds is 4. The Morgan fingerprint density at radius 2 is 2.19 bits per heavy atom. The van der Waals surface area contributed by atoms with Gasteiger partial charge in [0.05, 0.1) is 17.1 Å². The summed E-state index contributed by atoms with van der Waals surface area (Å²) >= 11 is 0. The van der Waals surface area contributed by atoms with Crippen LogP contribution in [-0.4, -0.2) is 35.2 Å². The molecule has 0 radical (unpaired) electrons. The van der Waals surface area contributed by atoms with Gasteiger partial charge in [-0.15, -0.1) is 0 Å². The van der Waals surface area contributed by atoms with Gasteiger partial charge in [0.1, 0.15) is 0 Å². The van der Waals surface area contributed by atoms with Crippen LogP contribution in [0.1, 0.15) is 46.5 Å². The van der Waals surface area contributed by atoms with E-state index < -0.39 is 5.60 Å². The van der Waals surface area contributed by atoms with Crippen LogP contribution in [0, 0.1) is 16.7 Å². The number of β-amino-alcohol motifs (C(OH)–C–C–N with tert-alkyl or cyclic N) is 1. The Kier molecular flexibility index (Phi) is 4.35. The van der Waals surface area contributed by atoms with Crippen LogP contribution in [0.25, 0.3) is 0 Å². The zero-order valence-electron chi connectivity index (χ0n) is 10.8. The van der Waals surface area contributed by atoms with Crippen LogP contribution >= 0.6 is 0 Å². The van der Waals surface area contributed by atoms with Crippen LogP contribution in [0.15, 0.2) is 0 Å². The molecule has 0 spiro atoms. The van der Waals surface area contributed by atoms with Gasteiger partial charge >= 0.3 is 0 Å². The molecule has 1 unspecified atom stereocenters. The van der Waals surface area contributed by atoms with Gasteiger partial charge in [-0.1, -0.05) is 0 Å². The number of hydrogen-bond acceptors (Lipinski definition) is 3. The van der Waals surface area contributed by atoms with E-state index in [0.717, 1.165) is 45.3 Å². The fourth-order valence-corrected chi connectivity index (χ4v) is 2.31. The van der Waals surface area contributed by atoms with E-state index in [1.807, 2.05) is 20.8 Å². The van der Waals surface area contributed by atoms with Gasteiger partial charge in [0.2, 0.25) is 0 Å². The zero-order valence-corrected chi connectivity index (χ0v) is 10.8. The maximum Gasteiger partial charge on any atom is 0.0746 e. The fourth-order valence-electron chi connectivity index (χ4n) is 2.31. The van der Waals surface area contributed by atoms with Crippen LogP contribution < -0.4 is 0 Å². The molecule has 1 aliphatic heterocycles. The van der Waals surface area contributed by atoms with Crippen molar-refractivity contribution in [3.8, 4) is 6.07 Å². The molecule has 1 fully saturated rings. The van der Waals surface area contributed by atoms with E-state index in [9.17, 15) is 5.11 Å². The lowest BCUT2D eigenvalue weighted by Gasteiger charge is -2.37. The van der Waals surface area contributed by atoms with Crippen LogP contribution in [0.2, 0.25) is 0 Å². The smallest absolute Gasteiger partial charge is 0.0746 e. The summed E-state index contributed by atoms with van der Waals surface area (Å²) in [5, 5.41) is 18.9. The third-order valence-corrected chi connectivity index (χ3v) is 3.33. The van der Waals surface area contributed by atoms with Crippen molar-refractivity contribution < 1.29 is 5.11 Å². The molecule has 1 atom stereocenters. The Balaban J connectivity index is 2.26. The first-order valence-electron chi connectivity index (χ1n) is 6.21. The van der Waals surface area contributed by atoms with Crippen LogP contribution in [0.5, 0.6) is 0 Å². The molecule has 1 aliphatic rings. The average Bonchev–Trinajstić information content (AvgIpc) is 2.16. The maximum absolute atomic E-state index is 9.96. The van der Waals surface area contributed by atoms with Gasteiger partial charge in [0.15, 0.2) is 0 Å². The molecule has 1 heterocycles. The summed E-state index contributed by atoms with van der Waals surface area (Å²) in [5.74, 6) is 0. The standard InChI is InChI=1S/C13H24N2O/c1-12(2,10-14)6-4-8-15-9-5-7-13(3,16)11-15/h16H,4-9,11H2,1-3H3.